The van der Waals surface area contributed by atoms with Crippen molar-refractivity contribution in [2.45, 2.75) is 45.1 Å². The van der Waals surface area contributed by atoms with Gasteiger partial charge < -0.3 is 10.2 Å². The smallest absolute Gasteiger partial charge is 0.137 e. The summed E-state index contributed by atoms with van der Waals surface area (Å²) in [5.74, 6) is 0.837. The molecule has 0 spiro atoms. The van der Waals surface area contributed by atoms with Crippen molar-refractivity contribution >= 4 is 11.8 Å². The standard InChI is InChI=1S/C17H29FN2S/c1-5-10-19-14(4)15-8-9-17(16(18)13-15)21-12-11-20(6-2)7-3/h8-9,13-14,19H,5-7,10-12H2,1-4H3. The number of hydrogen-bond acceptors (Lipinski definition) is 3. The lowest BCUT2D eigenvalue weighted by Gasteiger charge is -2.18. The third kappa shape index (κ3) is 6.37. The van der Waals surface area contributed by atoms with Gasteiger partial charge in [0, 0.05) is 23.2 Å². The highest BCUT2D eigenvalue weighted by Crippen LogP contribution is 2.25. The fraction of sp³-hybridized carbons (Fsp3) is 0.647. The number of nitrogens with zero attached hydrogens (tertiary/aromatic N) is 1. The highest BCUT2D eigenvalue weighted by atomic mass is 32.2. The van der Waals surface area contributed by atoms with E-state index in [0.29, 0.717) is 0 Å². The highest BCUT2D eigenvalue weighted by molar-refractivity contribution is 7.99. The minimum absolute atomic E-state index is 0.0952. The molecule has 0 aromatic heterocycles. The normalized spacial score (nSPS) is 12.9. The number of hydrogen-bond donors (Lipinski definition) is 1. The summed E-state index contributed by atoms with van der Waals surface area (Å²) < 4.78 is 14.2. The summed E-state index contributed by atoms with van der Waals surface area (Å²) in [5, 5.41) is 3.39. The Morgan fingerprint density at radius 2 is 1.95 bits per heavy atom. The molecular weight excluding hydrogens is 283 g/mol. The van der Waals surface area contributed by atoms with Crippen molar-refractivity contribution in [3.05, 3.63) is 29.6 Å². The predicted molar refractivity (Wildman–Crippen MR) is 91.6 cm³/mol. The van der Waals surface area contributed by atoms with Gasteiger partial charge in [-0.05, 0) is 50.7 Å². The van der Waals surface area contributed by atoms with Gasteiger partial charge in [-0.2, -0.15) is 0 Å². The molecule has 4 heteroatoms. The molecule has 1 N–H and O–H groups in total. The summed E-state index contributed by atoms with van der Waals surface area (Å²) in [6, 6.07) is 5.83. The van der Waals surface area contributed by atoms with Crippen LogP contribution in [0, 0.1) is 5.82 Å². The van der Waals surface area contributed by atoms with Gasteiger partial charge in [-0.15, -0.1) is 11.8 Å². The van der Waals surface area contributed by atoms with E-state index in [1.54, 1.807) is 17.8 Å². The first-order valence-corrected chi connectivity index (χ1v) is 8.98. The SMILES string of the molecule is CCCNC(C)c1ccc(SCCN(CC)CC)c(F)c1. The monoisotopic (exact) mass is 312 g/mol. The van der Waals surface area contributed by atoms with E-state index < -0.39 is 0 Å². The van der Waals surface area contributed by atoms with Crippen molar-refractivity contribution < 1.29 is 4.39 Å². The fourth-order valence-electron chi connectivity index (χ4n) is 2.21. The summed E-state index contributed by atoms with van der Waals surface area (Å²) in [6.07, 6.45) is 1.09. The van der Waals surface area contributed by atoms with Gasteiger partial charge >= 0.3 is 0 Å². The zero-order valence-corrected chi connectivity index (χ0v) is 14.6. The molecule has 1 rings (SSSR count). The topological polar surface area (TPSA) is 15.3 Å². The van der Waals surface area contributed by atoms with Crippen LogP contribution in [-0.4, -0.2) is 36.8 Å². The highest BCUT2D eigenvalue weighted by Gasteiger charge is 2.09. The largest absolute Gasteiger partial charge is 0.310 e. The molecule has 2 nitrogen and oxygen atoms in total. The zero-order chi connectivity index (χ0) is 15.7. The van der Waals surface area contributed by atoms with Crippen LogP contribution in [0.3, 0.4) is 0 Å². The van der Waals surface area contributed by atoms with Crippen LogP contribution in [0.25, 0.3) is 0 Å². The van der Waals surface area contributed by atoms with Crippen molar-refractivity contribution in [1.82, 2.24) is 10.2 Å². The summed E-state index contributed by atoms with van der Waals surface area (Å²) in [5.41, 5.74) is 1.02. The molecule has 0 heterocycles. The molecule has 0 fully saturated rings. The molecule has 0 saturated heterocycles. The molecule has 0 aliphatic heterocycles. The number of benzene rings is 1. The molecule has 0 radical (unpaired) electrons. The second kappa shape index (κ2) is 10.2. The van der Waals surface area contributed by atoms with Gasteiger partial charge in [0.2, 0.25) is 0 Å². The lowest BCUT2D eigenvalue weighted by Crippen LogP contribution is -2.25. The van der Waals surface area contributed by atoms with E-state index in [0.717, 1.165) is 48.8 Å². The van der Waals surface area contributed by atoms with Crippen LogP contribution in [0.15, 0.2) is 23.1 Å². The Balaban J connectivity index is 2.53. The van der Waals surface area contributed by atoms with Gasteiger partial charge in [-0.3, -0.25) is 0 Å². The summed E-state index contributed by atoms with van der Waals surface area (Å²) in [6.45, 7) is 12.6. The first-order chi connectivity index (χ1) is 10.1. The number of thioether (sulfide) groups is 1. The Kier molecular flexibility index (Phi) is 8.97. The zero-order valence-electron chi connectivity index (χ0n) is 13.8. The summed E-state index contributed by atoms with van der Waals surface area (Å²) >= 11 is 1.61. The average Bonchev–Trinajstić information content (AvgIpc) is 2.50. The Hall–Kier alpha value is -0.580. The molecule has 1 unspecified atom stereocenters. The van der Waals surface area contributed by atoms with Crippen LogP contribution in [0.2, 0.25) is 0 Å². The molecular formula is C17H29FN2S. The maximum atomic E-state index is 14.2. The summed E-state index contributed by atoms with van der Waals surface area (Å²) in [7, 11) is 0. The lowest BCUT2D eigenvalue weighted by atomic mass is 10.1. The molecule has 21 heavy (non-hydrogen) atoms. The van der Waals surface area contributed by atoms with E-state index in [1.807, 2.05) is 12.1 Å². The van der Waals surface area contributed by atoms with E-state index in [4.69, 9.17) is 0 Å². The van der Waals surface area contributed by atoms with E-state index >= 15 is 0 Å². The first-order valence-electron chi connectivity index (χ1n) is 8.00. The molecule has 1 aromatic rings. The predicted octanol–water partition coefficient (Wildman–Crippen LogP) is 4.32. The van der Waals surface area contributed by atoms with Crippen LogP contribution < -0.4 is 5.32 Å². The van der Waals surface area contributed by atoms with Crippen molar-refractivity contribution in [2.75, 3.05) is 31.9 Å². The van der Waals surface area contributed by atoms with Crippen molar-refractivity contribution in [3.8, 4) is 0 Å². The Labute approximate surface area is 133 Å². The minimum atomic E-state index is -0.0952. The van der Waals surface area contributed by atoms with Crippen LogP contribution in [0.1, 0.15) is 45.7 Å². The van der Waals surface area contributed by atoms with E-state index in [-0.39, 0.29) is 11.9 Å². The molecule has 0 aliphatic carbocycles. The van der Waals surface area contributed by atoms with Gasteiger partial charge in [0.15, 0.2) is 0 Å². The molecule has 1 atom stereocenters. The Morgan fingerprint density at radius 3 is 2.52 bits per heavy atom. The number of nitrogens with one attached hydrogen (secondary N) is 1. The molecule has 0 saturated carbocycles. The van der Waals surface area contributed by atoms with E-state index in [1.165, 1.54) is 0 Å². The van der Waals surface area contributed by atoms with E-state index in [9.17, 15) is 4.39 Å². The number of halogens is 1. The molecule has 120 valence electrons. The Bertz CT molecular complexity index is 408. The van der Waals surface area contributed by atoms with Crippen molar-refractivity contribution in [2.24, 2.45) is 0 Å². The van der Waals surface area contributed by atoms with Gasteiger partial charge in [-0.25, -0.2) is 4.39 Å². The average molecular weight is 312 g/mol. The maximum Gasteiger partial charge on any atom is 0.137 e. The quantitative estimate of drug-likeness (QED) is 0.648. The van der Waals surface area contributed by atoms with Gasteiger partial charge in [0.1, 0.15) is 5.82 Å². The lowest BCUT2D eigenvalue weighted by molar-refractivity contribution is 0.324. The number of rotatable bonds is 10. The molecule has 0 bridgehead atoms. The van der Waals surface area contributed by atoms with Gasteiger partial charge in [0.05, 0.1) is 0 Å². The third-order valence-corrected chi connectivity index (χ3v) is 4.74. The first kappa shape index (κ1) is 18.5. The fourth-order valence-corrected chi connectivity index (χ4v) is 3.14. The van der Waals surface area contributed by atoms with Crippen LogP contribution in [-0.2, 0) is 0 Å². The third-order valence-electron chi connectivity index (χ3n) is 3.72. The second-order valence-electron chi connectivity index (χ2n) is 5.24. The van der Waals surface area contributed by atoms with Gasteiger partial charge in [0.25, 0.3) is 0 Å². The minimum Gasteiger partial charge on any atom is -0.310 e. The van der Waals surface area contributed by atoms with Crippen molar-refractivity contribution in [1.29, 1.82) is 0 Å². The van der Waals surface area contributed by atoms with Crippen LogP contribution >= 0.6 is 11.8 Å². The van der Waals surface area contributed by atoms with Gasteiger partial charge in [-0.1, -0.05) is 26.8 Å². The molecule has 0 aliphatic rings. The Morgan fingerprint density at radius 1 is 1.24 bits per heavy atom. The molecule has 1 aromatic carbocycles. The molecule has 0 amide bonds. The maximum absolute atomic E-state index is 14.2. The van der Waals surface area contributed by atoms with E-state index in [2.05, 4.69) is 37.9 Å². The summed E-state index contributed by atoms with van der Waals surface area (Å²) in [4.78, 5) is 3.12. The van der Waals surface area contributed by atoms with Crippen LogP contribution in [0.5, 0.6) is 0 Å². The van der Waals surface area contributed by atoms with Crippen LogP contribution in [0.4, 0.5) is 4.39 Å². The van der Waals surface area contributed by atoms with Crippen molar-refractivity contribution in [3.63, 3.8) is 0 Å². The second-order valence-corrected chi connectivity index (χ2v) is 6.38.